The van der Waals surface area contributed by atoms with Crippen LogP contribution in [0.2, 0.25) is 0 Å². The van der Waals surface area contributed by atoms with Crippen LogP contribution >= 0.6 is 0 Å². The molecular weight excluding hydrogens is 200 g/mol. The molecule has 3 nitrogen and oxygen atoms in total. The highest BCUT2D eigenvalue weighted by molar-refractivity contribution is 5.73. The highest BCUT2D eigenvalue weighted by atomic mass is 16.3. The molecule has 0 aliphatic heterocycles. The van der Waals surface area contributed by atoms with Crippen LogP contribution in [0.1, 0.15) is 43.1 Å². The SMILES string of the molecule is NCc1ccc2oc(C3CCCC3)nc2c1. The van der Waals surface area contributed by atoms with Crippen LogP contribution in [0.15, 0.2) is 22.6 Å². The van der Waals surface area contributed by atoms with Gasteiger partial charge in [0.15, 0.2) is 11.5 Å². The quantitative estimate of drug-likeness (QED) is 0.839. The van der Waals surface area contributed by atoms with Crippen molar-refractivity contribution in [1.29, 1.82) is 0 Å². The predicted octanol–water partition coefficient (Wildman–Crippen LogP) is 2.94. The average Bonchev–Trinajstić information content (AvgIpc) is 2.96. The molecule has 2 N–H and O–H groups in total. The predicted molar refractivity (Wildman–Crippen MR) is 63.1 cm³/mol. The summed E-state index contributed by atoms with van der Waals surface area (Å²) in [6.07, 6.45) is 5.04. The van der Waals surface area contributed by atoms with Crippen molar-refractivity contribution in [2.75, 3.05) is 0 Å². The van der Waals surface area contributed by atoms with Crippen LogP contribution in [0.5, 0.6) is 0 Å². The van der Waals surface area contributed by atoms with Gasteiger partial charge in [-0.25, -0.2) is 4.98 Å². The lowest BCUT2D eigenvalue weighted by molar-refractivity contribution is 0.474. The Kier molecular flexibility index (Phi) is 2.40. The van der Waals surface area contributed by atoms with E-state index in [1.807, 2.05) is 18.2 Å². The number of hydrogen-bond acceptors (Lipinski definition) is 3. The Morgan fingerprint density at radius 2 is 2.12 bits per heavy atom. The molecule has 0 radical (unpaired) electrons. The molecule has 2 aromatic rings. The van der Waals surface area contributed by atoms with Gasteiger partial charge in [0.05, 0.1) is 0 Å². The van der Waals surface area contributed by atoms with Gasteiger partial charge in [-0.3, -0.25) is 0 Å². The van der Waals surface area contributed by atoms with Gasteiger partial charge in [-0.1, -0.05) is 18.9 Å². The number of nitrogens with two attached hydrogens (primary N) is 1. The van der Waals surface area contributed by atoms with Crippen molar-refractivity contribution in [2.45, 2.75) is 38.1 Å². The Labute approximate surface area is 94.7 Å². The van der Waals surface area contributed by atoms with Gasteiger partial charge in [0.1, 0.15) is 5.52 Å². The molecule has 1 fully saturated rings. The molecule has 0 atom stereocenters. The molecule has 1 aromatic carbocycles. The summed E-state index contributed by atoms with van der Waals surface area (Å²) in [6.45, 7) is 0.557. The van der Waals surface area contributed by atoms with E-state index in [2.05, 4.69) is 4.98 Å². The fourth-order valence-corrected chi connectivity index (χ4v) is 2.47. The van der Waals surface area contributed by atoms with E-state index in [1.54, 1.807) is 0 Å². The summed E-state index contributed by atoms with van der Waals surface area (Å²) in [5, 5.41) is 0. The van der Waals surface area contributed by atoms with Crippen LogP contribution in [0, 0.1) is 0 Å². The monoisotopic (exact) mass is 216 g/mol. The van der Waals surface area contributed by atoms with Crippen LogP contribution in [-0.4, -0.2) is 4.98 Å². The molecule has 3 rings (SSSR count). The summed E-state index contributed by atoms with van der Waals surface area (Å²) in [4.78, 5) is 4.58. The van der Waals surface area contributed by atoms with Crippen molar-refractivity contribution in [3.8, 4) is 0 Å². The Bertz CT molecular complexity index is 498. The third-order valence-corrected chi connectivity index (χ3v) is 3.41. The summed E-state index contributed by atoms with van der Waals surface area (Å²) in [7, 11) is 0. The molecule has 0 unspecified atom stereocenters. The molecule has 1 saturated carbocycles. The Balaban J connectivity index is 2.01. The van der Waals surface area contributed by atoms with E-state index in [-0.39, 0.29) is 0 Å². The molecule has 16 heavy (non-hydrogen) atoms. The Hall–Kier alpha value is -1.35. The molecule has 0 amide bonds. The van der Waals surface area contributed by atoms with Gasteiger partial charge >= 0.3 is 0 Å². The van der Waals surface area contributed by atoms with Crippen molar-refractivity contribution < 1.29 is 4.42 Å². The molecular formula is C13H16N2O. The van der Waals surface area contributed by atoms with Gasteiger partial charge in [-0.15, -0.1) is 0 Å². The van der Waals surface area contributed by atoms with E-state index in [9.17, 15) is 0 Å². The van der Waals surface area contributed by atoms with E-state index < -0.39 is 0 Å². The average molecular weight is 216 g/mol. The van der Waals surface area contributed by atoms with Crippen molar-refractivity contribution in [3.63, 3.8) is 0 Å². The molecule has 0 spiro atoms. The minimum atomic E-state index is 0.536. The highest BCUT2D eigenvalue weighted by Crippen LogP contribution is 2.34. The number of fused-ring (bicyclic) bond motifs is 1. The number of oxazole rings is 1. The summed E-state index contributed by atoms with van der Waals surface area (Å²) in [5.41, 5.74) is 8.56. The molecule has 0 saturated heterocycles. The second-order valence-electron chi connectivity index (χ2n) is 4.54. The summed E-state index contributed by atoms with van der Waals surface area (Å²) < 4.78 is 5.80. The first kappa shape index (κ1) is 9.85. The van der Waals surface area contributed by atoms with Crippen molar-refractivity contribution in [3.05, 3.63) is 29.7 Å². The second kappa shape index (κ2) is 3.91. The van der Waals surface area contributed by atoms with Crippen LogP contribution in [-0.2, 0) is 6.54 Å². The minimum absolute atomic E-state index is 0.536. The largest absolute Gasteiger partial charge is 0.440 e. The first-order chi connectivity index (χ1) is 7.86. The van der Waals surface area contributed by atoms with Crippen LogP contribution in [0.4, 0.5) is 0 Å². The summed E-state index contributed by atoms with van der Waals surface area (Å²) in [5.74, 6) is 1.45. The van der Waals surface area contributed by atoms with Gasteiger partial charge in [0.2, 0.25) is 0 Å². The van der Waals surface area contributed by atoms with E-state index in [4.69, 9.17) is 10.2 Å². The molecule has 1 aliphatic carbocycles. The first-order valence-electron chi connectivity index (χ1n) is 5.96. The number of nitrogens with zero attached hydrogens (tertiary/aromatic N) is 1. The second-order valence-corrected chi connectivity index (χ2v) is 4.54. The Morgan fingerprint density at radius 1 is 1.31 bits per heavy atom. The van der Waals surface area contributed by atoms with Crippen LogP contribution in [0.3, 0.4) is 0 Å². The summed E-state index contributed by atoms with van der Waals surface area (Å²) in [6, 6.07) is 6.01. The van der Waals surface area contributed by atoms with Gasteiger partial charge in [-0.2, -0.15) is 0 Å². The Morgan fingerprint density at radius 3 is 2.88 bits per heavy atom. The highest BCUT2D eigenvalue weighted by Gasteiger charge is 2.22. The number of benzene rings is 1. The topological polar surface area (TPSA) is 52.0 Å². The maximum atomic E-state index is 5.80. The van der Waals surface area contributed by atoms with Crippen molar-refractivity contribution in [1.82, 2.24) is 4.98 Å². The van der Waals surface area contributed by atoms with Crippen LogP contribution in [0.25, 0.3) is 11.1 Å². The number of rotatable bonds is 2. The van der Waals surface area contributed by atoms with Gasteiger partial charge in [0, 0.05) is 12.5 Å². The third kappa shape index (κ3) is 1.61. The maximum Gasteiger partial charge on any atom is 0.198 e. The van der Waals surface area contributed by atoms with E-state index >= 15 is 0 Å². The van der Waals surface area contributed by atoms with Gasteiger partial charge in [0.25, 0.3) is 0 Å². The van der Waals surface area contributed by atoms with E-state index in [0.29, 0.717) is 12.5 Å². The molecule has 1 aromatic heterocycles. The van der Waals surface area contributed by atoms with Crippen molar-refractivity contribution in [2.24, 2.45) is 5.73 Å². The third-order valence-electron chi connectivity index (χ3n) is 3.41. The van der Waals surface area contributed by atoms with E-state index in [1.165, 1.54) is 25.7 Å². The number of hydrogen-bond donors (Lipinski definition) is 1. The molecule has 1 heterocycles. The van der Waals surface area contributed by atoms with E-state index in [0.717, 1.165) is 22.6 Å². The van der Waals surface area contributed by atoms with Gasteiger partial charge < -0.3 is 10.2 Å². The molecule has 3 heteroatoms. The zero-order valence-corrected chi connectivity index (χ0v) is 9.28. The zero-order valence-electron chi connectivity index (χ0n) is 9.28. The normalized spacial score (nSPS) is 17.3. The van der Waals surface area contributed by atoms with Crippen LogP contribution < -0.4 is 5.73 Å². The molecule has 84 valence electrons. The molecule has 0 bridgehead atoms. The number of aromatic nitrogens is 1. The lowest BCUT2D eigenvalue weighted by Crippen LogP contribution is -1.95. The summed E-state index contributed by atoms with van der Waals surface area (Å²) >= 11 is 0. The lowest BCUT2D eigenvalue weighted by atomic mass is 10.1. The fourth-order valence-electron chi connectivity index (χ4n) is 2.47. The lowest BCUT2D eigenvalue weighted by Gasteiger charge is -2.00. The maximum absolute atomic E-state index is 5.80. The first-order valence-corrected chi connectivity index (χ1v) is 5.96. The zero-order chi connectivity index (χ0) is 11.0. The van der Waals surface area contributed by atoms with Gasteiger partial charge in [-0.05, 0) is 30.5 Å². The van der Waals surface area contributed by atoms with Crippen molar-refractivity contribution >= 4 is 11.1 Å². The fraction of sp³-hybridized carbons (Fsp3) is 0.462. The smallest absolute Gasteiger partial charge is 0.198 e. The molecule has 1 aliphatic rings. The minimum Gasteiger partial charge on any atom is -0.440 e. The standard InChI is InChI=1S/C13H16N2O/c14-8-9-5-6-12-11(7-9)15-13(16-12)10-3-1-2-4-10/h5-7,10H,1-4,8,14H2.